The minimum Gasteiger partial charge on any atom is -0.462 e. The molecule has 6 unspecified atom stereocenters. The van der Waals surface area contributed by atoms with Gasteiger partial charge in [0.2, 0.25) is 0 Å². The van der Waals surface area contributed by atoms with Crippen LogP contribution in [0.5, 0.6) is 0 Å². The van der Waals surface area contributed by atoms with Crippen molar-refractivity contribution in [1.82, 2.24) is 0 Å². The van der Waals surface area contributed by atoms with E-state index in [-0.39, 0.29) is 19.4 Å². The number of carbonyl (C=O) groups is 2. The number of allylic oxidation sites excluding steroid dienone is 12. The van der Waals surface area contributed by atoms with E-state index in [4.69, 9.17) is 18.9 Å². The van der Waals surface area contributed by atoms with E-state index < -0.39 is 71.2 Å². The van der Waals surface area contributed by atoms with E-state index in [2.05, 4.69) is 74.6 Å². The first-order chi connectivity index (χ1) is 30.5. The molecule has 0 amide bonds. The van der Waals surface area contributed by atoms with Crippen LogP contribution >= 0.6 is 0 Å². The first kappa shape index (κ1) is 58.1. The number of aliphatic hydroxyl groups excluding tert-OH is 3. The van der Waals surface area contributed by atoms with Gasteiger partial charge in [-0.15, -0.1) is 0 Å². The van der Waals surface area contributed by atoms with Gasteiger partial charge in [-0.25, -0.2) is 0 Å². The summed E-state index contributed by atoms with van der Waals surface area (Å²) in [6.07, 6.45) is 40.9. The van der Waals surface area contributed by atoms with Gasteiger partial charge in [0, 0.05) is 12.8 Å². The predicted octanol–water partition coefficient (Wildman–Crippen LogP) is 10.3. The van der Waals surface area contributed by atoms with Crippen LogP contribution in [0.15, 0.2) is 72.9 Å². The maximum absolute atomic E-state index is 12.8. The molecule has 0 aromatic heterocycles. The fourth-order valence-electron chi connectivity index (χ4n) is 6.82. The van der Waals surface area contributed by atoms with E-state index >= 15 is 0 Å². The smallest absolute Gasteiger partial charge is 0.306 e. The molecule has 0 aromatic carbocycles. The van der Waals surface area contributed by atoms with Crippen LogP contribution in [-0.4, -0.2) is 96.0 Å². The lowest BCUT2D eigenvalue weighted by molar-refractivity contribution is -0.297. The molecule has 1 aliphatic heterocycles. The van der Waals surface area contributed by atoms with Crippen molar-refractivity contribution in [1.29, 1.82) is 0 Å². The molecule has 1 aliphatic rings. The summed E-state index contributed by atoms with van der Waals surface area (Å²) in [5.41, 5.74) is 0. The molecule has 0 aliphatic carbocycles. The van der Waals surface area contributed by atoms with Crippen molar-refractivity contribution in [2.24, 2.45) is 0 Å². The molecular formula is C50H84O12S. The summed E-state index contributed by atoms with van der Waals surface area (Å²) in [6.45, 7) is 3.59. The summed E-state index contributed by atoms with van der Waals surface area (Å²) in [7, 11) is -4.61. The average Bonchev–Trinajstić information content (AvgIpc) is 3.25. The van der Waals surface area contributed by atoms with Gasteiger partial charge in [0.1, 0.15) is 36.8 Å². The number of carbonyl (C=O) groups excluding carboxylic acids is 2. The minimum absolute atomic E-state index is 0.0820. The Kier molecular flexibility index (Phi) is 36.4. The minimum atomic E-state index is -4.61. The Balaban J connectivity index is 2.46. The molecule has 1 rings (SSSR count). The van der Waals surface area contributed by atoms with Crippen molar-refractivity contribution in [2.45, 2.75) is 211 Å². The average molecular weight is 909 g/mol. The van der Waals surface area contributed by atoms with Crippen molar-refractivity contribution in [2.75, 3.05) is 19.0 Å². The highest BCUT2D eigenvalue weighted by Crippen LogP contribution is 2.24. The van der Waals surface area contributed by atoms with Crippen LogP contribution in [0.25, 0.3) is 0 Å². The summed E-state index contributed by atoms with van der Waals surface area (Å²) in [6, 6.07) is 0. The van der Waals surface area contributed by atoms with Crippen molar-refractivity contribution in [3.8, 4) is 0 Å². The maximum atomic E-state index is 12.8. The van der Waals surface area contributed by atoms with Gasteiger partial charge in [-0.1, -0.05) is 157 Å². The molecule has 1 fully saturated rings. The molecule has 12 nitrogen and oxygen atoms in total. The number of hydrogen-bond donors (Lipinski definition) is 4. The van der Waals surface area contributed by atoms with Crippen LogP contribution < -0.4 is 0 Å². The fourth-order valence-corrected chi connectivity index (χ4v) is 7.51. The van der Waals surface area contributed by atoms with Gasteiger partial charge in [-0.05, 0) is 77.0 Å². The second-order valence-electron chi connectivity index (χ2n) is 16.4. The quantitative estimate of drug-likeness (QED) is 0.0198. The highest BCUT2D eigenvalue weighted by Gasteiger charge is 2.46. The second-order valence-corrected chi connectivity index (χ2v) is 17.9. The number of hydrogen-bond acceptors (Lipinski definition) is 11. The Morgan fingerprint density at radius 3 is 1.56 bits per heavy atom. The number of aliphatic hydroxyl groups is 3. The van der Waals surface area contributed by atoms with Crippen LogP contribution in [-0.2, 0) is 38.7 Å². The monoisotopic (exact) mass is 909 g/mol. The summed E-state index contributed by atoms with van der Waals surface area (Å²) >= 11 is 0. The lowest BCUT2D eigenvalue weighted by Gasteiger charge is -2.40. The van der Waals surface area contributed by atoms with Crippen LogP contribution in [0.1, 0.15) is 174 Å². The first-order valence-electron chi connectivity index (χ1n) is 24.0. The van der Waals surface area contributed by atoms with Crippen LogP contribution in [0.4, 0.5) is 0 Å². The van der Waals surface area contributed by atoms with E-state index in [1.807, 2.05) is 12.2 Å². The Hall–Kier alpha value is -2.91. The SMILES string of the molecule is CC/C=C\C/C=C\C/C=C\C/C=C\C/C=C\CCCC(=O)OC(COC(=O)CCCCCCCCC/C=C\CCCCCCCCC)COC1OC(CS(=O)(=O)O)C(O)C(O)C1O. The molecule has 362 valence electrons. The summed E-state index contributed by atoms with van der Waals surface area (Å²) in [4.78, 5) is 25.4. The number of unbranched alkanes of at least 4 members (excludes halogenated alkanes) is 15. The molecule has 63 heavy (non-hydrogen) atoms. The molecule has 0 saturated carbocycles. The lowest BCUT2D eigenvalue weighted by Crippen LogP contribution is -2.60. The van der Waals surface area contributed by atoms with Gasteiger partial charge in [-0.2, -0.15) is 8.42 Å². The van der Waals surface area contributed by atoms with Crippen LogP contribution in [0.2, 0.25) is 0 Å². The number of rotatable bonds is 39. The predicted molar refractivity (Wildman–Crippen MR) is 252 cm³/mol. The van der Waals surface area contributed by atoms with Gasteiger partial charge in [0.25, 0.3) is 10.1 Å². The zero-order valence-corrected chi connectivity index (χ0v) is 39.5. The summed E-state index contributed by atoms with van der Waals surface area (Å²) in [5.74, 6) is -2.07. The number of esters is 2. The molecule has 0 radical (unpaired) electrons. The maximum Gasteiger partial charge on any atom is 0.306 e. The van der Waals surface area contributed by atoms with Crippen molar-refractivity contribution >= 4 is 22.1 Å². The highest BCUT2D eigenvalue weighted by atomic mass is 32.2. The topological polar surface area (TPSA) is 186 Å². The van der Waals surface area contributed by atoms with E-state index in [0.717, 1.165) is 64.2 Å². The Labute approximate surface area is 380 Å². The van der Waals surface area contributed by atoms with Gasteiger partial charge >= 0.3 is 11.9 Å². The van der Waals surface area contributed by atoms with Gasteiger partial charge < -0.3 is 34.3 Å². The molecule has 1 heterocycles. The molecular weight excluding hydrogens is 825 g/mol. The van der Waals surface area contributed by atoms with Crippen molar-refractivity contribution < 1.29 is 56.8 Å². The zero-order chi connectivity index (χ0) is 46.2. The summed E-state index contributed by atoms with van der Waals surface area (Å²) < 4.78 is 54.1. The van der Waals surface area contributed by atoms with Crippen molar-refractivity contribution in [3.05, 3.63) is 72.9 Å². The Bertz CT molecular complexity index is 1440. The molecule has 13 heteroatoms. The van der Waals surface area contributed by atoms with E-state index in [0.29, 0.717) is 19.3 Å². The van der Waals surface area contributed by atoms with Crippen LogP contribution in [0.3, 0.4) is 0 Å². The molecule has 4 N–H and O–H groups in total. The third kappa shape index (κ3) is 34.2. The molecule has 6 atom stereocenters. The largest absolute Gasteiger partial charge is 0.462 e. The van der Waals surface area contributed by atoms with Gasteiger partial charge in [0.05, 0.1) is 6.61 Å². The van der Waals surface area contributed by atoms with E-state index in [1.165, 1.54) is 64.2 Å². The second kappa shape index (κ2) is 39.5. The third-order valence-corrected chi connectivity index (χ3v) is 11.3. The van der Waals surface area contributed by atoms with Crippen LogP contribution in [0, 0.1) is 0 Å². The first-order valence-corrected chi connectivity index (χ1v) is 25.6. The molecule has 0 bridgehead atoms. The fraction of sp³-hybridized carbons (Fsp3) is 0.720. The summed E-state index contributed by atoms with van der Waals surface area (Å²) in [5, 5.41) is 30.9. The molecule has 0 spiro atoms. The Morgan fingerprint density at radius 2 is 1.02 bits per heavy atom. The van der Waals surface area contributed by atoms with Crippen molar-refractivity contribution in [3.63, 3.8) is 0 Å². The van der Waals surface area contributed by atoms with E-state index in [9.17, 15) is 37.9 Å². The molecule has 0 aromatic rings. The lowest BCUT2D eigenvalue weighted by atomic mass is 10.00. The van der Waals surface area contributed by atoms with E-state index in [1.54, 1.807) is 0 Å². The normalized spacial score (nSPS) is 20.4. The highest BCUT2D eigenvalue weighted by molar-refractivity contribution is 7.85. The molecule has 1 saturated heterocycles. The number of ether oxygens (including phenoxy) is 4. The standard InChI is InChI=1S/C50H84O12S/c1-3-5-7-9-11-13-15-17-19-21-23-24-26-28-30-32-34-36-38-45(51)59-40-43(41-60-50-49(55)48(54)47(53)44(62-50)42-63(56,57)58)61-46(52)39-37-35-33-31-29-27-25-22-20-18-16-14-12-10-8-6-4-2/h6,8,12,14,18-21,25,27,31,33,43-44,47-50,53-55H,3-5,7,9-11,13,15-17,22-24,26,28-30,32,34-42H2,1-2H3,(H,56,57,58)/b8-6-,14-12-,20-18-,21-19-,27-25-,33-31-. The Morgan fingerprint density at radius 1 is 0.556 bits per heavy atom. The van der Waals surface area contributed by atoms with Gasteiger partial charge in [0.15, 0.2) is 12.4 Å². The van der Waals surface area contributed by atoms with Gasteiger partial charge in [-0.3, -0.25) is 14.1 Å². The zero-order valence-electron chi connectivity index (χ0n) is 38.7. The third-order valence-electron chi connectivity index (χ3n) is 10.5.